The fourth-order valence-electron chi connectivity index (χ4n) is 1.15. The van der Waals surface area contributed by atoms with Gasteiger partial charge in [0.05, 0.1) is 6.61 Å². The average molecular weight is 214 g/mol. The number of hydrogen-bond acceptors (Lipinski definition) is 3. The van der Waals surface area contributed by atoms with Crippen LogP contribution in [0.25, 0.3) is 0 Å². The lowest BCUT2D eigenvalue weighted by Crippen LogP contribution is -2.06. The van der Waals surface area contributed by atoms with Gasteiger partial charge in [-0.3, -0.25) is 0 Å². The van der Waals surface area contributed by atoms with E-state index in [1.165, 1.54) is 25.7 Å². The van der Waals surface area contributed by atoms with Crippen molar-refractivity contribution in [3.63, 3.8) is 0 Å². The van der Waals surface area contributed by atoms with E-state index in [1.807, 2.05) is 6.08 Å². The summed E-state index contributed by atoms with van der Waals surface area (Å²) in [7, 11) is 0. The molecule has 0 spiro atoms. The summed E-state index contributed by atoms with van der Waals surface area (Å²) in [5.41, 5.74) is 0. The van der Waals surface area contributed by atoms with Crippen LogP contribution in [0.1, 0.15) is 46.0 Å². The third kappa shape index (κ3) is 10.9. The summed E-state index contributed by atoms with van der Waals surface area (Å²) < 4.78 is 9.37. The minimum atomic E-state index is -0.590. The Balaban J connectivity index is 3.20. The molecular formula is C12H22O3. The van der Waals surface area contributed by atoms with Crippen molar-refractivity contribution in [1.82, 2.24) is 0 Å². The van der Waals surface area contributed by atoms with Crippen molar-refractivity contribution in [3.05, 3.63) is 12.2 Å². The van der Waals surface area contributed by atoms with Crippen LogP contribution in [0, 0.1) is 0 Å². The van der Waals surface area contributed by atoms with Gasteiger partial charge in [0.2, 0.25) is 0 Å². The first kappa shape index (κ1) is 14.0. The molecule has 0 aromatic carbocycles. The first-order valence-corrected chi connectivity index (χ1v) is 5.75. The van der Waals surface area contributed by atoms with Crippen molar-refractivity contribution >= 4 is 6.16 Å². The van der Waals surface area contributed by atoms with Gasteiger partial charge >= 0.3 is 6.16 Å². The Morgan fingerprint density at radius 1 is 1.07 bits per heavy atom. The molecule has 0 aliphatic rings. The first-order valence-electron chi connectivity index (χ1n) is 5.75. The van der Waals surface area contributed by atoms with E-state index in [1.54, 1.807) is 6.92 Å². The molecule has 15 heavy (non-hydrogen) atoms. The lowest BCUT2D eigenvalue weighted by molar-refractivity contribution is 0.0673. The topological polar surface area (TPSA) is 35.5 Å². The average Bonchev–Trinajstić information content (AvgIpc) is 2.22. The number of carbonyl (C=O) groups excluding carboxylic acids is 1. The Kier molecular flexibility index (Phi) is 10.4. The fourth-order valence-corrected chi connectivity index (χ4v) is 1.15. The monoisotopic (exact) mass is 214 g/mol. The highest BCUT2D eigenvalue weighted by molar-refractivity contribution is 5.59. The van der Waals surface area contributed by atoms with Crippen LogP contribution in [0.5, 0.6) is 0 Å². The zero-order valence-corrected chi connectivity index (χ0v) is 9.83. The molecule has 88 valence electrons. The lowest BCUT2D eigenvalue weighted by atomic mass is 10.1. The lowest BCUT2D eigenvalue weighted by Gasteiger charge is -2.00. The number of unbranched alkanes of at least 4 members (excludes halogenated alkanes) is 4. The van der Waals surface area contributed by atoms with E-state index in [0.29, 0.717) is 13.2 Å². The molecule has 0 bridgehead atoms. The Bertz CT molecular complexity index is 176. The molecule has 0 aromatic heterocycles. The van der Waals surface area contributed by atoms with Gasteiger partial charge in [-0.2, -0.15) is 0 Å². The van der Waals surface area contributed by atoms with Gasteiger partial charge in [0.15, 0.2) is 0 Å². The van der Waals surface area contributed by atoms with E-state index < -0.39 is 6.16 Å². The molecule has 3 nitrogen and oxygen atoms in total. The van der Waals surface area contributed by atoms with Crippen LogP contribution >= 0.6 is 0 Å². The molecule has 3 heteroatoms. The van der Waals surface area contributed by atoms with E-state index in [4.69, 9.17) is 4.74 Å². The molecule has 0 unspecified atom stereocenters. The van der Waals surface area contributed by atoms with E-state index in [9.17, 15) is 4.79 Å². The van der Waals surface area contributed by atoms with Gasteiger partial charge < -0.3 is 9.47 Å². The van der Waals surface area contributed by atoms with Crippen molar-refractivity contribution in [2.75, 3.05) is 13.2 Å². The molecule has 0 fully saturated rings. The van der Waals surface area contributed by atoms with Crippen molar-refractivity contribution in [1.29, 1.82) is 0 Å². The smallest absolute Gasteiger partial charge is 0.435 e. The van der Waals surface area contributed by atoms with Gasteiger partial charge in [0.1, 0.15) is 6.61 Å². The standard InChI is InChI=1S/C12H22O3/c1-3-5-6-7-8-9-10-11-15-12(13)14-4-2/h9-10H,3-8,11H2,1-2H3/b10-9+. The predicted octanol–water partition coefficient (Wildman–Crippen LogP) is 3.69. The van der Waals surface area contributed by atoms with Crippen molar-refractivity contribution in [3.8, 4) is 0 Å². The highest BCUT2D eigenvalue weighted by Gasteiger charge is 1.97. The minimum absolute atomic E-state index is 0.312. The summed E-state index contributed by atoms with van der Waals surface area (Å²) in [5, 5.41) is 0. The number of hydrogen-bond donors (Lipinski definition) is 0. The number of carbonyl (C=O) groups is 1. The number of rotatable bonds is 8. The Morgan fingerprint density at radius 2 is 1.87 bits per heavy atom. The van der Waals surface area contributed by atoms with Crippen LogP contribution in [0.3, 0.4) is 0 Å². The highest BCUT2D eigenvalue weighted by Crippen LogP contribution is 2.02. The van der Waals surface area contributed by atoms with Gasteiger partial charge in [-0.25, -0.2) is 4.79 Å². The second-order valence-electron chi connectivity index (χ2n) is 3.31. The van der Waals surface area contributed by atoms with Crippen LogP contribution < -0.4 is 0 Å². The van der Waals surface area contributed by atoms with E-state index in [-0.39, 0.29) is 0 Å². The van der Waals surface area contributed by atoms with Crippen LogP contribution in [0.4, 0.5) is 4.79 Å². The summed E-state index contributed by atoms with van der Waals surface area (Å²) in [6.45, 7) is 4.63. The largest absolute Gasteiger partial charge is 0.508 e. The van der Waals surface area contributed by atoms with Crippen molar-refractivity contribution in [2.24, 2.45) is 0 Å². The van der Waals surface area contributed by atoms with E-state index in [0.717, 1.165) is 6.42 Å². The third-order valence-electron chi connectivity index (χ3n) is 1.95. The molecule has 0 saturated heterocycles. The molecule has 0 atom stereocenters. The molecule has 0 heterocycles. The second kappa shape index (κ2) is 11.1. The molecule has 0 aromatic rings. The maximum atomic E-state index is 10.7. The minimum Gasteiger partial charge on any atom is -0.435 e. The summed E-state index contributed by atoms with van der Waals surface area (Å²) in [6.07, 6.45) is 9.43. The Hall–Kier alpha value is -0.990. The van der Waals surface area contributed by atoms with Crippen molar-refractivity contribution < 1.29 is 14.3 Å². The molecule has 0 saturated carbocycles. The highest BCUT2D eigenvalue weighted by atomic mass is 16.7. The van der Waals surface area contributed by atoms with Crippen LogP contribution in [0.15, 0.2) is 12.2 Å². The zero-order valence-electron chi connectivity index (χ0n) is 9.83. The molecule has 0 amide bonds. The normalized spacial score (nSPS) is 10.5. The molecule has 0 rings (SSSR count). The number of ether oxygens (including phenoxy) is 2. The molecule has 0 aliphatic heterocycles. The molecule has 0 N–H and O–H groups in total. The summed E-state index contributed by atoms with van der Waals surface area (Å²) >= 11 is 0. The first-order chi connectivity index (χ1) is 7.31. The van der Waals surface area contributed by atoms with Crippen LogP contribution in [0.2, 0.25) is 0 Å². The Morgan fingerprint density at radius 3 is 2.53 bits per heavy atom. The van der Waals surface area contributed by atoms with Gasteiger partial charge in [0, 0.05) is 0 Å². The number of allylic oxidation sites excluding steroid dienone is 1. The van der Waals surface area contributed by atoms with E-state index in [2.05, 4.69) is 17.7 Å². The fraction of sp³-hybridized carbons (Fsp3) is 0.750. The molecule has 0 radical (unpaired) electrons. The van der Waals surface area contributed by atoms with Crippen molar-refractivity contribution in [2.45, 2.75) is 46.0 Å². The summed E-state index contributed by atoms with van der Waals surface area (Å²) in [4.78, 5) is 10.7. The summed E-state index contributed by atoms with van der Waals surface area (Å²) in [5.74, 6) is 0. The zero-order chi connectivity index (χ0) is 11.4. The summed E-state index contributed by atoms with van der Waals surface area (Å²) in [6, 6.07) is 0. The molecule has 0 aliphatic carbocycles. The Labute approximate surface area is 92.5 Å². The van der Waals surface area contributed by atoms with Crippen LogP contribution in [-0.4, -0.2) is 19.4 Å². The van der Waals surface area contributed by atoms with E-state index >= 15 is 0 Å². The van der Waals surface area contributed by atoms with Gasteiger partial charge in [-0.1, -0.05) is 38.3 Å². The maximum Gasteiger partial charge on any atom is 0.508 e. The van der Waals surface area contributed by atoms with Gasteiger partial charge in [-0.15, -0.1) is 0 Å². The maximum absolute atomic E-state index is 10.7. The van der Waals surface area contributed by atoms with Gasteiger partial charge in [0.25, 0.3) is 0 Å². The van der Waals surface area contributed by atoms with Crippen LogP contribution in [-0.2, 0) is 9.47 Å². The molecular weight excluding hydrogens is 192 g/mol. The predicted molar refractivity (Wildman–Crippen MR) is 60.9 cm³/mol. The SMILES string of the molecule is CCCCCC/C=C/COC(=O)OCC. The van der Waals surface area contributed by atoms with Gasteiger partial charge in [-0.05, 0) is 19.8 Å². The third-order valence-corrected chi connectivity index (χ3v) is 1.95. The quantitative estimate of drug-likeness (QED) is 0.351. The second-order valence-corrected chi connectivity index (χ2v) is 3.31.